The Balaban J connectivity index is 2.32. The number of nitro benzene ring substituents is 1. The highest BCUT2D eigenvalue weighted by atomic mass is 16.6. The first-order valence-corrected chi connectivity index (χ1v) is 7.99. The highest BCUT2D eigenvalue weighted by Gasteiger charge is 2.13. The van der Waals surface area contributed by atoms with Crippen molar-refractivity contribution in [3.63, 3.8) is 0 Å². The number of nitro groups is 1. The van der Waals surface area contributed by atoms with E-state index in [2.05, 4.69) is 14.8 Å². The van der Waals surface area contributed by atoms with Crippen molar-refractivity contribution < 1.29 is 4.92 Å². The van der Waals surface area contributed by atoms with Crippen molar-refractivity contribution in [1.82, 2.24) is 9.88 Å². The minimum absolute atomic E-state index is 0.0976. The third kappa shape index (κ3) is 4.76. The van der Waals surface area contributed by atoms with Gasteiger partial charge in [-0.1, -0.05) is 0 Å². The van der Waals surface area contributed by atoms with Gasteiger partial charge in [-0.05, 0) is 70.7 Å². The van der Waals surface area contributed by atoms with Crippen LogP contribution < -0.4 is 4.90 Å². The van der Waals surface area contributed by atoms with E-state index in [1.54, 1.807) is 12.1 Å². The SMILES string of the molecule is Cc1cc(C)nc(N(CCCN(C)C)c2ccc([N+](=O)[O-])cc2)c1. The molecule has 6 heteroatoms. The summed E-state index contributed by atoms with van der Waals surface area (Å²) in [5.41, 5.74) is 3.12. The van der Waals surface area contributed by atoms with Gasteiger partial charge in [0.1, 0.15) is 5.82 Å². The van der Waals surface area contributed by atoms with Crippen LogP contribution in [-0.4, -0.2) is 42.0 Å². The Morgan fingerprint density at radius 2 is 1.75 bits per heavy atom. The molecule has 0 fully saturated rings. The van der Waals surface area contributed by atoms with Crippen LogP contribution in [0.15, 0.2) is 36.4 Å². The number of nitrogens with zero attached hydrogens (tertiary/aromatic N) is 4. The molecule has 0 saturated carbocycles. The van der Waals surface area contributed by atoms with Gasteiger partial charge in [0.05, 0.1) is 4.92 Å². The minimum atomic E-state index is -0.380. The van der Waals surface area contributed by atoms with Gasteiger partial charge in [0, 0.05) is 30.1 Å². The quantitative estimate of drug-likeness (QED) is 0.573. The summed E-state index contributed by atoms with van der Waals surface area (Å²) in [6, 6.07) is 10.7. The van der Waals surface area contributed by atoms with Gasteiger partial charge in [-0.25, -0.2) is 4.98 Å². The second-order valence-corrected chi connectivity index (χ2v) is 6.23. The first kappa shape index (κ1) is 17.9. The summed E-state index contributed by atoms with van der Waals surface area (Å²) >= 11 is 0. The zero-order valence-electron chi connectivity index (χ0n) is 14.7. The maximum atomic E-state index is 10.9. The summed E-state index contributed by atoms with van der Waals surface area (Å²) in [6.07, 6.45) is 0.971. The lowest BCUT2D eigenvalue weighted by molar-refractivity contribution is -0.384. The van der Waals surface area contributed by atoms with Gasteiger partial charge in [0.2, 0.25) is 0 Å². The number of benzene rings is 1. The van der Waals surface area contributed by atoms with Gasteiger partial charge in [-0.15, -0.1) is 0 Å². The van der Waals surface area contributed by atoms with Crippen LogP contribution >= 0.6 is 0 Å². The van der Waals surface area contributed by atoms with Crippen LogP contribution in [0.3, 0.4) is 0 Å². The Bertz CT molecular complexity index is 678. The third-order valence-electron chi connectivity index (χ3n) is 3.72. The van der Waals surface area contributed by atoms with Crippen LogP contribution in [0.4, 0.5) is 17.2 Å². The van der Waals surface area contributed by atoms with Crippen LogP contribution in [0.2, 0.25) is 0 Å². The lowest BCUT2D eigenvalue weighted by Crippen LogP contribution is -2.24. The Morgan fingerprint density at radius 1 is 1.08 bits per heavy atom. The maximum Gasteiger partial charge on any atom is 0.269 e. The number of pyridine rings is 1. The van der Waals surface area contributed by atoms with Crippen molar-refractivity contribution in [2.45, 2.75) is 20.3 Å². The molecule has 2 rings (SSSR count). The molecule has 0 aliphatic rings. The average Bonchev–Trinajstić information content (AvgIpc) is 2.50. The molecule has 128 valence electrons. The topological polar surface area (TPSA) is 62.5 Å². The number of aryl methyl sites for hydroxylation is 2. The highest BCUT2D eigenvalue weighted by molar-refractivity contribution is 5.62. The van der Waals surface area contributed by atoms with Crippen LogP contribution in [-0.2, 0) is 0 Å². The summed E-state index contributed by atoms with van der Waals surface area (Å²) in [5, 5.41) is 10.9. The number of hydrogen-bond acceptors (Lipinski definition) is 5. The molecule has 0 saturated heterocycles. The molecular formula is C18H24N4O2. The zero-order valence-corrected chi connectivity index (χ0v) is 14.7. The summed E-state index contributed by atoms with van der Waals surface area (Å²) in [4.78, 5) is 19.4. The number of aromatic nitrogens is 1. The predicted octanol–water partition coefficient (Wildman–Crippen LogP) is 3.70. The van der Waals surface area contributed by atoms with Gasteiger partial charge in [0.15, 0.2) is 0 Å². The molecule has 0 radical (unpaired) electrons. The second-order valence-electron chi connectivity index (χ2n) is 6.23. The molecule has 1 aromatic carbocycles. The van der Waals surface area contributed by atoms with E-state index in [1.807, 2.05) is 40.1 Å². The van der Waals surface area contributed by atoms with E-state index >= 15 is 0 Å². The third-order valence-corrected chi connectivity index (χ3v) is 3.72. The van der Waals surface area contributed by atoms with Crippen molar-refractivity contribution in [2.24, 2.45) is 0 Å². The van der Waals surface area contributed by atoms with E-state index in [1.165, 1.54) is 12.1 Å². The maximum absolute atomic E-state index is 10.9. The Morgan fingerprint density at radius 3 is 2.29 bits per heavy atom. The summed E-state index contributed by atoms with van der Waals surface area (Å²) < 4.78 is 0. The van der Waals surface area contributed by atoms with Crippen LogP contribution in [0.5, 0.6) is 0 Å². The van der Waals surface area contributed by atoms with Crippen molar-refractivity contribution >= 4 is 17.2 Å². The molecule has 2 aromatic rings. The molecule has 24 heavy (non-hydrogen) atoms. The van der Waals surface area contributed by atoms with E-state index in [4.69, 9.17) is 0 Å². The Labute approximate surface area is 142 Å². The predicted molar refractivity (Wildman–Crippen MR) is 97.0 cm³/mol. The number of hydrogen-bond donors (Lipinski definition) is 0. The van der Waals surface area contributed by atoms with Gasteiger partial charge in [-0.3, -0.25) is 10.1 Å². The molecule has 0 bridgehead atoms. The first-order valence-electron chi connectivity index (χ1n) is 7.99. The zero-order chi connectivity index (χ0) is 17.7. The lowest BCUT2D eigenvalue weighted by atomic mass is 10.2. The van der Waals surface area contributed by atoms with Crippen molar-refractivity contribution in [1.29, 1.82) is 0 Å². The van der Waals surface area contributed by atoms with Gasteiger partial charge < -0.3 is 9.80 Å². The molecule has 0 aliphatic heterocycles. The largest absolute Gasteiger partial charge is 0.326 e. The standard InChI is InChI=1S/C18H24N4O2/c1-14-12-15(2)19-18(13-14)21(11-5-10-20(3)4)16-6-8-17(9-7-16)22(23)24/h6-9,12-13H,5,10-11H2,1-4H3. The van der Waals surface area contributed by atoms with E-state index in [9.17, 15) is 10.1 Å². The highest BCUT2D eigenvalue weighted by Crippen LogP contribution is 2.27. The Hall–Kier alpha value is -2.47. The average molecular weight is 328 g/mol. The Kier molecular flexibility index (Phi) is 5.87. The number of non-ortho nitro benzene ring substituents is 1. The minimum Gasteiger partial charge on any atom is -0.326 e. The monoisotopic (exact) mass is 328 g/mol. The van der Waals surface area contributed by atoms with Crippen LogP contribution in [0.1, 0.15) is 17.7 Å². The van der Waals surface area contributed by atoms with E-state index < -0.39 is 0 Å². The van der Waals surface area contributed by atoms with Crippen molar-refractivity contribution in [3.8, 4) is 0 Å². The van der Waals surface area contributed by atoms with Crippen LogP contribution in [0.25, 0.3) is 0 Å². The summed E-state index contributed by atoms with van der Waals surface area (Å²) in [6.45, 7) is 5.79. The van der Waals surface area contributed by atoms with Gasteiger partial charge >= 0.3 is 0 Å². The molecule has 1 heterocycles. The van der Waals surface area contributed by atoms with E-state index in [-0.39, 0.29) is 10.6 Å². The molecule has 0 N–H and O–H groups in total. The smallest absolute Gasteiger partial charge is 0.269 e. The number of rotatable bonds is 7. The second kappa shape index (κ2) is 7.88. The summed E-state index contributed by atoms with van der Waals surface area (Å²) in [7, 11) is 4.09. The van der Waals surface area contributed by atoms with Gasteiger partial charge in [0.25, 0.3) is 5.69 Å². The molecule has 0 amide bonds. The molecule has 0 aliphatic carbocycles. The molecular weight excluding hydrogens is 304 g/mol. The molecule has 0 atom stereocenters. The normalized spacial score (nSPS) is 10.9. The molecule has 1 aromatic heterocycles. The van der Waals surface area contributed by atoms with Crippen LogP contribution in [0, 0.1) is 24.0 Å². The van der Waals surface area contributed by atoms with Crippen molar-refractivity contribution in [3.05, 3.63) is 57.8 Å². The molecule has 6 nitrogen and oxygen atoms in total. The molecule has 0 spiro atoms. The molecule has 0 unspecified atom stereocenters. The van der Waals surface area contributed by atoms with E-state index in [0.717, 1.165) is 42.3 Å². The number of anilines is 2. The van der Waals surface area contributed by atoms with Crippen molar-refractivity contribution in [2.75, 3.05) is 32.1 Å². The fourth-order valence-electron chi connectivity index (χ4n) is 2.63. The fourth-order valence-corrected chi connectivity index (χ4v) is 2.63. The van der Waals surface area contributed by atoms with E-state index in [0.29, 0.717) is 0 Å². The summed E-state index contributed by atoms with van der Waals surface area (Å²) in [5.74, 6) is 0.875. The lowest BCUT2D eigenvalue weighted by Gasteiger charge is -2.25. The fraction of sp³-hybridized carbons (Fsp3) is 0.389. The first-order chi connectivity index (χ1) is 11.4. The van der Waals surface area contributed by atoms with Gasteiger partial charge in [-0.2, -0.15) is 0 Å².